The van der Waals surface area contributed by atoms with Gasteiger partial charge in [0.1, 0.15) is 0 Å². The summed E-state index contributed by atoms with van der Waals surface area (Å²) in [5.74, 6) is 0.555. The van der Waals surface area contributed by atoms with Crippen LogP contribution in [0.1, 0.15) is 71.1 Å². The summed E-state index contributed by atoms with van der Waals surface area (Å²) >= 11 is 2.14. The van der Waals surface area contributed by atoms with Crippen molar-refractivity contribution in [3.05, 3.63) is 24.3 Å². The third-order valence-corrected chi connectivity index (χ3v) is 7.11. The van der Waals surface area contributed by atoms with E-state index in [0.717, 1.165) is 42.6 Å². The van der Waals surface area contributed by atoms with E-state index in [1.807, 2.05) is 6.08 Å². The Morgan fingerprint density at radius 3 is 2.76 bits per heavy atom. The number of aliphatic carboxylic acids is 1. The standard InChI is InChI=1S/C21H34O3S/c1-2-3-6-9-17(22)13-12-16-14-18-15-20(25-18)19(16)10-7-4-5-8-11-21(23)24/h4,7,12-13,16-20,22H,2-3,5-6,8-11,14-15H2,1H3,(H,23,24)/b7-4-,13-12+/t16-,17-,18+,19+,20+/m0/s1. The highest BCUT2D eigenvalue weighted by atomic mass is 32.2. The molecule has 0 radical (unpaired) electrons. The quantitative estimate of drug-likeness (QED) is 0.368. The van der Waals surface area contributed by atoms with Crippen molar-refractivity contribution in [1.29, 1.82) is 0 Å². The van der Waals surface area contributed by atoms with Gasteiger partial charge in [-0.3, -0.25) is 4.79 Å². The third-order valence-electron chi connectivity index (χ3n) is 5.45. The molecule has 4 heteroatoms. The lowest BCUT2D eigenvalue weighted by molar-refractivity contribution is -0.137. The Labute approximate surface area is 157 Å². The zero-order chi connectivity index (χ0) is 18.1. The molecule has 0 aromatic carbocycles. The van der Waals surface area contributed by atoms with Crippen molar-refractivity contribution in [2.75, 3.05) is 0 Å². The highest BCUT2D eigenvalue weighted by Gasteiger charge is 2.44. The van der Waals surface area contributed by atoms with E-state index in [9.17, 15) is 9.90 Å². The predicted molar refractivity (Wildman–Crippen MR) is 106 cm³/mol. The largest absolute Gasteiger partial charge is 0.481 e. The van der Waals surface area contributed by atoms with E-state index in [-0.39, 0.29) is 12.5 Å². The summed E-state index contributed by atoms with van der Waals surface area (Å²) in [6.07, 6.45) is 18.4. The monoisotopic (exact) mass is 366 g/mol. The van der Waals surface area contributed by atoms with Crippen molar-refractivity contribution in [3.63, 3.8) is 0 Å². The van der Waals surface area contributed by atoms with Gasteiger partial charge in [0.05, 0.1) is 6.10 Å². The fourth-order valence-corrected chi connectivity index (χ4v) is 5.58. The van der Waals surface area contributed by atoms with Gasteiger partial charge in [0.25, 0.3) is 0 Å². The molecule has 0 spiro atoms. The molecule has 0 unspecified atom stereocenters. The average molecular weight is 367 g/mol. The van der Waals surface area contributed by atoms with E-state index in [0.29, 0.717) is 11.8 Å². The first-order chi connectivity index (χ1) is 12.1. The molecule has 3 aliphatic rings. The molecule has 3 fully saturated rings. The van der Waals surface area contributed by atoms with Crippen molar-refractivity contribution in [3.8, 4) is 0 Å². The average Bonchev–Trinajstić information content (AvgIpc) is 2.55. The first-order valence-electron chi connectivity index (χ1n) is 9.98. The van der Waals surface area contributed by atoms with Crippen LogP contribution in [0, 0.1) is 11.8 Å². The lowest BCUT2D eigenvalue weighted by atomic mass is 9.75. The van der Waals surface area contributed by atoms with Gasteiger partial charge in [0.15, 0.2) is 0 Å². The van der Waals surface area contributed by atoms with Gasteiger partial charge in [0, 0.05) is 16.9 Å². The number of rotatable bonds is 12. The molecule has 1 saturated carbocycles. The number of aliphatic hydroxyl groups excluding tert-OH is 1. The number of hydrogen-bond donors (Lipinski definition) is 2. The fraction of sp³-hybridized carbons (Fsp3) is 0.762. The third kappa shape index (κ3) is 7.18. The van der Waals surface area contributed by atoms with Crippen LogP contribution >= 0.6 is 11.8 Å². The van der Waals surface area contributed by atoms with Gasteiger partial charge in [0.2, 0.25) is 0 Å². The number of carboxylic acids is 1. The summed E-state index contributed by atoms with van der Waals surface area (Å²) in [6, 6.07) is 0. The van der Waals surface area contributed by atoms with Crippen LogP contribution in [0.3, 0.4) is 0 Å². The summed E-state index contributed by atoms with van der Waals surface area (Å²) in [5, 5.41) is 20.4. The van der Waals surface area contributed by atoms with Gasteiger partial charge < -0.3 is 10.2 Å². The molecule has 2 saturated heterocycles. The molecule has 25 heavy (non-hydrogen) atoms. The lowest BCUT2D eigenvalue weighted by Crippen LogP contribution is -2.44. The first-order valence-corrected chi connectivity index (χ1v) is 10.9. The number of unbranched alkanes of at least 4 members (excludes halogenated alkanes) is 3. The number of allylic oxidation sites excluding steroid dienone is 3. The van der Waals surface area contributed by atoms with Gasteiger partial charge in [-0.05, 0) is 50.4 Å². The number of aliphatic hydroxyl groups is 1. The van der Waals surface area contributed by atoms with Crippen LogP contribution in [0.4, 0.5) is 0 Å². The Kier molecular flexibility index (Phi) is 9.11. The molecule has 1 aliphatic carbocycles. The molecular weight excluding hydrogens is 332 g/mol. The van der Waals surface area contributed by atoms with Gasteiger partial charge >= 0.3 is 5.97 Å². The Bertz CT molecular complexity index is 454. The van der Waals surface area contributed by atoms with Gasteiger partial charge in [-0.15, -0.1) is 0 Å². The van der Waals surface area contributed by atoms with E-state index in [4.69, 9.17) is 5.11 Å². The normalized spacial score (nSPS) is 29.8. The van der Waals surface area contributed by atoms with E-state index in [1.165, 1.54) is 25.7 Å². The molecule has 3 nitrogen and oxygen atoms in total. The minimum Gasteiger partial charge on any atom is -0.481 e. The smallest absolute Gasteiger partial charge is 0.303 e. The molecule has 2 bridgehead atoms. The maximum absolute atomic E-state index is 10.5. The first kappa shape index (κ1) is 20.6. The molecule has 2 heterocycles. The molecule has 2 N–H and O–H groups in total. The second-order valence-corrected chi connectivity index (χ2v) is 9.08. The zero-order valence-electron chi connectivity index (χ0n) is 15.5. The van der Waals surface area contributed by atoms with E-state index < -0.39 is 5.97 Å². The van der Waals surface area contributed by atoms with Crippen molar-refractivity contribution in [2.24, 2.45) is 11.8 Å². The molecule has 2 aliphatic heterocycles. The SMILES string of the molecule is CCCCC[C@H](O)/C=C/[C@H]1C[C@@H]2C[C@@H](S2)[C@@H]1C/C=C\CCCC(=O)O. The summed E-state index contributed by atoms with van der Waals surface area (Å²) < 4.78 is 0. The Hall–Kier alpha value is -0.740. The molecule has 0 aromatic rings. The van der Waals surface area contributed by atoms with Crippen molar-refractivity contribution < 1.29 is 15.0 Å². The van der Waals surface area contributed by atoms with E-state index in [2.05, 4.69) is 36.9 Å². The predicted octanol–water partition coefficient (Wildman–Crippen LogP) is 5.20. The number of thioether (sulfide) groups is 1. The van der Waals surface area contributed by atoms with Gasteiger partial charge in [-0.1, -0.05) is 50.5 Å². The fourth-order valence-electron chi connectivity index (χ4n) is 3.94. The topological polar surface area (TPSA) is 57.5 Å². The van der Waals surface area contributed by atoms with Crippen LogP contribution in [0.25, 0.3) is 0 Å². The van der Waals surface area contributed by atoms with Crippen molar-refractivity contribution in [1.82, 2.24) is 0 Å². The Morgan fingerprint density at radius 2 is 2.04 bits per heavy atom. The van der Waals surface area contributed by atoms with Crippen LogP contribution in [-0.4, -0.2) is 32.8 Å². The number of carboxylic acid groups (broad SMARTS) is 1. The van der Waals surface area contributed by atoms with Crippen LogP contribution in [0.2, 0.25) is 0 Å². The molecule has 0 amide bonds. The Morgan fingerprint density at radius 1 is 1.24 bits per heavy atom. The maximum atomic E-state index is 10.5. The van der Waals surface area contributed by atoms with E-state index in [1.54, 1.807) is 0 Å². The highest BCUT2D eigenvalue weighted by molar-refractivity contribution is 8.01. The highest BCUT2D eigenvalue weighted by Crippen LogP contribution is 2.54. The number of hydrogen-bond acceptors (Lipinski definition) is 3. The van der Waals surface area contributed by atoms with Crippen molar-refractivity contribution >= 4 is 17.7 Å². The Balaban J connectivity index is 1.76. The number of fused-ring (bicyclic) bond motifs is 2. The van der Waals surface area contributed by atoms with Crippen LogP contribution in [-0.2, 0) is 4.79 Å². The lowest BCUT2D eigenvalue weighted by Gasteiger charge is -2.49. The minimum atomic E-state index is -0.708. The van der Waals surface area contributed by atoms with Crippen molar-refractivity contribution in [2.45, 2.75) is 87.7 Å². The summed E-state index contributed by atoms with van der Waals surface area (Å²) in [4.78, 5) is 10.5. The van der Waals surface area contributed by atoms with Crippen LogP contribution in [0.15, 0.2) is 24.3 Å². The molecule has 3 rings (SSSR count). The van der Waals surface area contributed by atoms with Gasteiger partial charge in [-0.25, -0.2) is 0 Å². The second kappa shape index (κ2) is 11.1. The minimum absolute atomic E-state index is 0.259. The van der Waals surface area contributed by atoms with Crippen LogP contribution < -0.4 is 0 Å². The molecule has 142 valence electrons. The zero-order valence-corrected chi connectivity index (χ0v) is 16.3. The molecule has 5 atom stereocenters. The molecular formula is C21H34O3S. The summed E-state index contributed by atoms with van der Waals surface area (Å²) in [6.45, 7) is 2.19. The van der Waals surface area contributed by atoms with Gasteiger partial charge in [-0.2, -0.15) is 11.8 Å². The summed E-state index contributed by atoms with van der Waals surface area (Å²) in [5.41, 5.74) is 0. The summed E-state index contributed by atoms with van der Waals surface area (Å²) in [7, 11) is 0. The van der Waals surface area contributed by atoms with Crippen LogP contribution in [0.5, 0.6) is 0 Å². The maximum Gasteiger partial charge on any atom is 0.303 e. The molecule has 0 aromatic heterocycles. The second-order valence-electron chi connectivity index (χ2n) is 7.54. The number of carbonyl (C=O) groups is 1. The van der Waals surface area contributed by atoms with E-state index >= 15 is 0 Å².